The fourth-order valence-corrected chi connectivity index (χ4v) is 1.77. The predicted octanol–water partition coefficient (Wildman–Crippen LogP) is 2.43. The maximum atomic E-state index is 12.5. The number of amides is 1. The first-order chi connectivity index (χ1) is 9.77. The second kappa shape index (κ2) is 5.47. The maximum absolute atomic E-state index is 12.5. The van der Waals surface area contributed by atoms with Gasteiger partial charge in [-0.3, -0.25) is 4.79 Å². The zero-order chi connectivity index (χ0) is 15.6. The Kier molecular flexibility index (Phi) is 3.88. The van der Waals surface area contributed by atoms with Gasteiger partial charge >= 0.3 is 6.18 Å². The van der Waals surface area contributed by atoms with Gasteiger partial charge < -0.3 is 15.6 Å². The van der Waals surface area contributed by atoms with Crippen LogP contribution in [-0.4, -0.2) is 15.5 Å². The zero-order valence-electron chi connectivity index (χ0n) is 11.1. The molecule has 0 atom stereocenters. The molecule has 0 unspecified atom stereocenters. The number of carbonyl (C=O) groups is 1. The monoisotopic (exact) mass is 298 g/mol. The lowest BCUT2D eigenvalue weighted by Gasteiger charge is -2.12. The number of aryl methyl sites for hydroxylation is 1. The van der Waals surface area contributed by atoms with E-state index in [4.69, 9.17) is 5.73 Å². The number of nitrogens with two attached hydrogens (primary N) is 1. The number of nitrogen functional groups attached to an aromatic ring is 1. The van der Waals surface area contributed by atoms with Crippen molar-refractivity contribution in [3.05, 3.63) is 42.0 Å². The van der Waals surface area contributed by atoms with E-state index in [0.717, 1.165) is 18.2 Å². The molecule has 0 aliphatic rings. The normalized spacial score (nSPS) is 11.4. The van der Waals surface area contributed by atoms with Crippen molar-refractivity contribution < 1.29 is 18.0 Å². The SMILES string of the molecule is Cc1nccn1CC(=O)Nc1ccc(C(F)(F)F)cc1N. The predicted molar refractivity (Wildman–Crippen MR) is 71.5 cm³/mol. The first-order valence-corrected chi connectivity index (χ1v) is 6.01. The minimum Gasteiger partial charge on any atom is -0.397 e. The summed E-state index contributed by atoms with van der Waals surface area (Å²) in [7, 11) is 0. The van der Waals surface area contributed by atoms with E-state index in [0.29, 0.717) is 5.82 Å². The highest BCUT2D eigenvalue weighted by Gasteiger charge is 2.30. The van der Waals surface area contributed by atoms with Gasteiger partial charge in [0.15, 0.2) is 0 Å². The Morgan fingerprint density at radius 1 is 1.43 bits per heavy atom. The van der Waals surface area contributed by atoms with Crippen LogP contribution in [0.5, 0.6) is 0 Å². The summed E-state index contributed by atoms with van der Waals surface area (Å²) in [5.74, 6) is 0.257. The van der Waals surface area contributed by atoms with Gasteiger partial charge in [0.1, 0.15) is 12.4 Å². The molecule has 0 aliphatic carbocycles. The molecule has 1 amide bonds. The number of nitrogens with one attached hydrogen (secondary N) is 1. The van der Waals surface area contributed by atoms with Crippen molar-refractivity contribution in [3.8, 4) is 0 Å². The standard InChI is InChI=1S/C13H13F3N4O/c1-8-18-4-5-20(8)7-12(21)19-11-3-2-9(6-10(11)17)13(14,15)16/h2-6H,7,17H2,1H3,(H,19,21). The van der Waals surface area contributed by atoms with Crippen molar-refractivity contribution in [3.63, 3.8) is 0 Å². The van der Waals surface area contributed by atoms with Gasteiger partial charge in [0, 0.05) is 12.4 Å². The van der Waals surface area contributed by atoms with Crippen molar-refractivity contribution in [1.82, 2.24) is 9.55 Å². The quantitative estimate of drug-likeness (QED) is 0.855. The first-order valence-electron chi connectivity index (χ1n) is 6.01. The Bertz CT molecular complexity index is 664. The molecular weight excluding hydrogens is 285 g/mol. The Morgan fingerprint density at radius 2 is 2.14 bits per heavy atom. The van der Waals surface area contributed by atoms with Crippen LogP contribution in [0, 0.1) is 6.92 Å². The highest BCUT2D eigenvalue weighted by atomic mass is 19.4. The lowest BCUT2D eigenvalue weighted by molar-refractivity contribution is -0.137. The molecule has 3 N–H and O–H groups in total. The molecule has 21 heavy (non-hydrogen) atoms. The maximum Gasteiger partial charge on any atom is 0.416 e. The van der Waals surface area contributed by atoms with Gasteiger partial charge in [-0.1, -0.05) is 0 Å². The molecule has 0 saturated carbocycles. The number of anilines is 2. The van der Waals surface area contributed by atoms with E-state index in [2.05, 4.69) is 10.3 Å². The Morgan fingerprint density at radius 3 is 2.67 bits per heavy atom. The number of halogens is 3. The third-order valence-corrected chi connectivity index (χ3v) is 2.89. The molecule has 1 heterocycles. The second-order valence-electron chi connectivity index (χ2n) is 4.45. The van der Waals surface area contributed by atoms with Crippen LogP contribution in [0.25, 0.3) is 0 Å². The minimum atomic E-state index is -4.47. The summed E-state index contributed by atoms with van der Waals surface area (Å²) in [6.45, 7) is 1.74. The summed E-state index contributed by atoms with van der Waals surface area (Å²) < 4.78 is 39.1. The minimum absolute atomic E-state index is 0.00625. The van der Waals surface area contributed by atoms with Crippen LogP contribution in [0.3, 0.4) is 0 Å². The Labute approximate surface area is 118 Å². The molecule has 1 aromatic heterocycles. The second-order valence-corrected chi connectivity index (χ2v) is 4.45. The van der Waals surface area contributed by atoms with Crippen molar-refractivity contribution in [2.45, 2.75) is 19.6 Å². The number of aromatic nitrogens is 2. The summed E-state index contributed by atoms with van der Waals surface area (Å²) in [4.78, 5) is 15.8. The molecule has 5 nitrogen and oxygen atoms in total. The van der Waals surface area contributed by atoms with E-state index in [1.54, 1.807) is 23.9 Å². The number of carbonyl (C=O) groups excluding carboxylic acids is 1. The molecule has 0 aliphatic heterocycles. The number of imidazole rings is 1. The third-order valence-electron chi connectivity index (χ3n) is 2.89. The lowest BCUT2D eigenvalue weighted by atomic mass is 10.1. The smallest absolute Gasteiger partial charge is 0.397 e. The average Bonchev–Trinajstić information content (AvgIpc) is 2.76. The number of hydrogen-bond donors (Lipinski definition) is 2. The number of benzene rings is 1. The number of rotatable bonds is 3. The molecule has 1 aromatic carbocycles. The van der Waals surface area contributed by atoms with Crippen molar-refractivity contribution >= 4 is 17.3 Å². The van der Waals surface area contributed by atoms with Crippen LogP contribution >= 0.6 is 0 Å². The van der Waals surface area contributed by atoms with Crippen LogP contribution in [0.15, 0.2) is 30.6 Å². The molecule has 2 rings (SSSR count). The average molecular weight is 298 g/mol. The van der Waals surface area contributed by atoms with E-state index in [1.165, 1.54) is 0 Å². The van der Waals surface area contributed by atoms with Gasteiger partial charge in [-0.25, -0.2) is 4.98 Å². The highest BCUT2D eigenvalue weighted by Crippen LogP contribution is 2.32. The fourth-order valence-electron chi connectivity index (χ4n) is 1.77. The summed E-state index contributed by atoms with van der Waals surface area (Å²) in [5.41, 5.74) is 4.68. The molecule has 0 radical (unpaired) electrons. The van der Waals surface area contributed by atoms with Crippen LogP contribution in [0.4, 0.5) is 24.5 Å². The van der Waals surface area contributed by atoms with Gasteiger partial charge in [0.05, 0.1) is 16.9 Å². The van der Waals surface area contributed by atoms with Crippen LogP contribution in [-0.2, 0) is 17.5 Å². The molecule has 112 valence electrons. The summed E-state index contributed by atoms with van der Waals surface area (Å²) >= 11 is 0. The van der Waals surface area contributed by atoms with Gasteiger partial charge in [-0.05, 0) is 25.1 Å². The first kappa shape index (κ1) is 14.9. The summed E-state index contributed by atoms with van der Waals surface area (Å²) in [5, 5.41) is 2.47. The Hall–Kier alpha value is -2.51. The third kappa shape index (κ3) is 3.53. The topological polar surface area (TPSA) is 72.9 Å². The van der Waals surface area contributed by atoms with E-state index in [9.17, 15) is 18.0 Å². The largest absolute Gasteiger partial charge is 0.416 e. The summed E-state index contributed by atoms with van der Waals surface area (Å²) in [6, 6.07) is 2.79. The van der Waals surface area contributed by atoms with Crippen molar-refractivity contribution in [1.29, 1.82) is 0 Å². The van der Waals surface area contributed by atoms with Crippen LogP contribution in [0.1, 0.15) is 11.4 Å². The molecular formula is C13H13F3N4O. The van der Waals surface area contributed by atoms with Gasteiger partial charge in [0.2, 0.25) is 5.91 Å². The van der Waals surface area contributed by atoms with E-state index >= 15 is 0 Å². The highest BCUT2D eigenvalue weighted by molar-refractivity contribution is 5.93. The van der Waals surface area contributed by atoms with Gasteiger partial charge in [0.25, 0.3) is 0 Å². The van der Waals surface area contributed by atoms with E-state index in [-0.39, 0.29) is 17.9 Å². The zero-order valence-corrected chi connectivity index (χ0v) is 11.1. The lowest BCUT2D eigenvalue weighted by Crippen LogP contribution is -2.20. The number of hydrogen-bond acceptors (Lipinski definition) is 3. The molecule has 0 saturated heterocycles. The van der Waals surface area contributed by atoms with Crippen molar-refractivity contribution in [2.75, 3.05) is 11.1 Å². The van der Waals surface area contributed by atoms with E-state index < -0.39 is 17.6 Å². The van der Waals surface area contributed by atoms with Crippen LogP contribution in [0.2, 0.25) is 0 Å². The van der Waals surface area contributed by atoms with E-state index in [1.807, 2.05) is 0 Å². The Balaban J connectivity index is 2.10. The fraction of sp³-hybridized carbons (Fsp3) is 0.231. The van der Waals surface area contributed by atoms with Gasteiger partial charge in [-0.2, -0.15) is 13.2 Å². The summed E-state index contributed by atoms with van der Waals surface area (Å²) in [6.07, 6.45) is -1.29. The van der Waals surface area contributed by atoms with Crippen molar-refractivity contribution in [2.24, 2.45) is 0 Å². The number of nitrogens with zero attached hydrogens (tertiary/aromatic N) is 2. The molecule has 0 spiro atoms. The van der Waals surface area contributed by atoms with Crippen LogP contribution < -0.4 is 11.1 Å². The molecule has 0 bridgehead atoms. The number of alkyl halides is 3. The molecule has 2 aromatic rings. The van der Waals surface area contributed by atoms with Gasteiger partial charge in [-0.15, -0.1) is 0 Å². The molecule has 0 fully saturated rings. The molecule has 8 heteroatoms.